The minimum atomic E-state index is -1.13. The van der Waals surface area contributed by atoms with Crippen LogP contribution in [0.15, 0.2) is 72.8 Å². The number of carbonyl (C=O) groups is 6. The number of hydrogen-bond donors (Lipinski definition) is 2. The van der Waals surface area contributed by atoms with E-state index in [1.165, 1.54) is 18.2 Å². The van der Waals surface area contributed by atoms with Gasteiger partial charge in [-0.3, -0.25) is 0 Å². The average Bonchev–Trinajstić information content (AvgIpc) is 3.36. The molecule has 3 aromatic carbocycles. The van der Waals surface area contributed by atoms with Crippen molar-refractivity contribution in [3.8, 4) is 0 Å². The molecule has 0 fully saturated rings. The Labute approximate surface area is 406 Å². The molecule has 12 heteroatoms. The fourth-order valence-corrected chi connectivity index (χ4v) is 6.97. The van der Waals surface area contributed by atoms with Crippen LogP contribution in [0.1, 0.15) is 220 Å². The summed E-state index contributed by atoms with van der Waals surface area (Å²) in [6, 6.07) is 18.3. The van der Waals surface area contributed by atoms with E-state index >= 15 is 0 Å². The van der Waals surface area contributed by atoms with Gasteiger partial charge in [-0.25, -0.2) is 28.8 Å². The zero-order valence-electron chi connectivity index (χ0n) is 42.4. The van der Waals surface area contributed by atoms with Crippen LogP contribution in [0.2, 0.25) is 0 Å². The van der Waals surface area contributed by atoms with Crippen molar-refractivity contribution in [3.05, 3.63) is 106 Å². The third-order valence-electron chi connectivity index (χ3n) is 12.0. The summed E-state index contributed by atoms with van der Waals surface area (Å²) in [5, 5.41) is 17.0. The molecule has 0 radical (unpaired) electrons. The number of benzene rings is 3. The van der Waals surface area contributed by atoms with Crippen molar-refractivity contribution in [2.24, 2.45) is 23.7 Å². The lowest BCUT2D eigenvalue weighted by molar-refractivity contribution is 0.0414. The van der Waals surface area contributed by atoms with Gasteiger partial charge in [0, 0.05) is 0 Å². The molecular weight excluding hydrogens is 865 g/mol. The predicted molar refractivity (Wildman–Crippen MR) is 268 cm³/mol. The lowest BCUT2D eigenvalue weighted by Crippen LogP contribution is -2.15. The highest BCUT2D eigenvalue weighted by atomic mass is 16.5. The van der Waals surface area contributed by atoms with Crippen LogP contribution in [0.3, 0.4) is 0 Å². The molecule has 0 spiro atoms. The number of rotatable bonds is 30. The highest BCUT2D eigenvalue weighted by Gasteiger charge is 2.17. The SMILES string of the molecule is CCCCC(CC)COC(=O)c1ccc(C(=O)OCC(CC)CCCC)cc1.CCCCC(CC)COC(=O)c1ccc(C(=O)OCC(CC)CCCC)cc1.O=C(O)c1cccc(C(=O)O)c1. The van der Waals surface area contributed by atoms with E-state index in [2.05, 4.69) is 55.4 Å². The van der Waals surface area contributed by atoms with Crippen molar-refractivity contribution in [2.75, 3.05) is 26.4 Å². The maximum atomic E-state index is 12.2. The van der Waals surface area contributed by atoms with Crippen LogP contribution in [0.5, 0.6) is 0 Å². The zero-order valence-corrected chi connectivity index (χ0v) is 42.4. The fourth-order valence-electron chi connectivity index (χ4n) is 6.97. The van der Waals surface area contributed by atoms with Crippen LogP contribution < -0.4 is 0 Å². The van der Waals surface area contributed by atoms with Crippen LogP contribution in [-0.2, 0) is 18.9 Å². The number of esters is 4. The fraction of sp³-hybridized carbons (Fsp3) is 0.571. The number of ether oxygens (including phenoxy) is 4. The zero-order chi connectivity index (χ0) is 50.7. The summed E-state index contributed by atoms with van der Waals surface area (Å²) >= 11 is 0. The molecule has 3 rings (SSSR count). The Kier molecular flexibility index (Phi) is 32.5. The number of unbranched alkanes of at least 4 members (excludes halogenated alkanes) is 4. The molecule has 0 bridgehead atoms. The first-order valence-corrected chi connectivity index (χ1v) is 25.2. The van der Waals surface area contributed by atoms with Gasteiger partial charge < -0.3 is 29.2 Å². The standard InChI is InChI=1S/2C24H38O4.C8H6O4/c2*1-5-9-11-19(7-3)17-27-23(25)21-13-15-22(16-14-21)24(26)28-18-20(8-4)12-10-6-2;9-7(10)5-2-1-3-6(4-5)8(11)12/h2*13-16,19-20H,5-12,17-18H2,1-4H3;1-4H,(H,9,10)(H,11,12). The van der Waals surface area contributed by atoms with E-state index in [9.17, 15) is 28.8 Å². The predicted octanol–water partition coefficient (Wildman–Crippen LogP) is 13.9. The molecule has 0 aliphatic rings. The van der Waals surface area contributed by atoms with E-state index in [4.69, 9.17) is 29.2 Å². The summed E-state index contributed by atoms with van der Waals surface area (Å²) < 4.78 is 21.8. The van der Waals surface area contributed by atoms with Gasteiger partial charge in [0.15, 0.2) is 0 Å². The van der Waals surface area contributed by atoms with Crippen molar-refractivity contribution in [1.29, 1.82) is 0 Å². The van der Waals surface area contributed by atoms with Crippen molar-refractivity contribution in [1.82, 2.24) is 0 Å². The number of hydrogen-bond acceptors (Lipinski definition) is 10. The Hall–Kier alpha value is -5.52. The van der Waals surface area contributed by atoms with E-state index < -0.39 is 11.9 Å². The van der Waals surface area contributed by atoms with E-state index in [1.807, 2.05) is 0 Å². The summed E-state index contributed by atoms with van der Waals surface area (Å²) in [5.74, 6) is -1.93. The molecule has 4 atom stereocenters. The van der Waals surface area contributed by atoms with Gasteiger partial charge in [0.25, 0.3) is 0 Å². The van der Waals surface area contributed by atoms with Crippen LogP contribution >= 0.6 is 0 Å². The summed E-state index contributed by atoms with van der Waals surface area (Å²) in [6.07, 6.45) is 17.6. The average molecular weight is 947 g/mol. The third-order valence-corrected chi connectivity index (χ3v) is 12.0. The van der Waals surface area contributed by atoms with Gasteiger partial charge in [-0.1, -0.05) is 139 Å². The first-order chi connectivity index (χ1) is 32.7. The van der Waals surface area contributed by atoms with Crippen LogP contribution in [0.4, 0.5) is 0 Å². The Morgan fingerprint density at radius 3 is 0.765 bits per heavy atom. The number of carboxylic acids is 2. The highest BCUT2D eigenvalue weighted by Crippen LogP contribution is 2.19. The first kappa shape index (κ1) is 60.5. The lowest BCUT2D eigenvalue weighted by Gasteiger charge is -2.15. The molecule has 0 saturated carbocycles. The van der Waals surface area contributed by atoms with E-state index in [-0.39, 0.29) is 35.0 Å². The van der Waals surface area contributed by atoms with E-state index in [0.29, 0.717) is 72.4 Å². The highest BCUT2D eigenvalue weighted by molar-refractivity contribution is 5.95. The number of carboxylic acid groups (broad SMARTS) is 2. The Bertz CT molecular complexity index is 1650. The molecule has 0 amide bonds. The van der Waals surface area contributed by atoms with Crippen molar-refractivity contribution in [3.63, 3.8) is 0 Å². The third kappa shape index (κ3) is 25.0. The van der Waals surface area contributed by atoms with Crippen LogP contribution in [0.25, 0.3) is 0 Å². The van der Waals surface area contributed by atoms with Gasteiger partial charge in [0.1, 0.15) is 0 Å². The first-order valence-electron chi connectivity index (χ1n) is 25.2. The molecule has 0 aliphatic carbocycles. The quantitative estimate of drug-likeness (QED) is 0.0478. The van der Waals surface area contributed by atoms with Crippen molar-refractivity contribution in [2.45, 2.75) is 158 Å². The molecule has 0 aliphatic heterocycles. The van der Waals surface area contributed by atoms with Gasteiger partial charge in [0.2, 0.25) is 0 Å². The molecule has 2 N–H and O–H groups in total. The molecule has 0 aromatic heterocycles. The maximum Gasteiger partial charge on any atom is 0.338 e. The van der Waals surface area contributed by atoms with Gasteiger partial charge in [-0.15, -0.1) is 0 Å². The Morgan fingerprint density at radius 2 is 0.588 bits per heavy atom. The largest absolute Gasteiger partial charge is 0.478 e. The van der Waals surface area contributed by atoms with E-state index in [1.54, 1.807) is 48.5 Å². The van der Waals surface area contributed by atoms with Gasteiger partial charge in [-0.05, 0) is 116 Å². The number of carbonyl (C=O) groups excluding carboxylic acids is 4. The van der Waals surface area contributed by atoms with Gasteiger partial charge >= 0.3 is 35.8 Å². The minimum absolute atomic E-state index is 0.0186. The summed E-state index contributed by atoms with van der Waals surface area (Å²) in [7, 11) is 0. The maximum absolute atomic E-state index is 12.2. The van der Waals surface area contributed by atoms with Crippen LogP contribution in [0, 0.1) is 23.7 Å². The lowest BCUT2D eigenvalue weighted by atomic mass is 10.0. The van der Waals surface area contributed by atoms with E-state index in [0.717, 1.165) is 109 Å². The summed E-state index contributed by atoms with van der Waals surface area (Å²) in [6.45, 7) is 19.0. The second-order valence-corrected chi connectivity index (χ2v) is 17.4. The summed E-state index contributed by atoms with van der Waals surface area (Å²) in [5.41, 5.74) is 1.84. The molecule has 0 saturated heterocycles. The normalized spacial score (nSPS) is 12.4. The molecule has 378 valence electrons. The minimum Gasteiger partial charge on any atom is -0.478 e. The summed E-state index contributed by atoms with van der Waals surface area (Å²) in [4.78, 5) is 69.7. The second kappa shape index (κ2) is 36.5. The molecule has 68 heavy (non-hydrogen) atoms. The number of aromatic carboxylic acids is 2. The second-order valence-electron chi connectivity index (χ2n) is 17.4. The topological polar surface area (TPSA) is 180 Å². The molecule has 12 nitrogen and oxygen atoms in total. The molecule has 3 aromatic rings. The monoisotopic (exact) mass is 947 g/mol. The van der Waals surface area contributed by atoms with Crippen molar-refractivity contribution >= 4 is 35.8 Å². The molecule has 4 unspecified atom stereocenters. The molecular formula is C56H82O12. The Balaban J connectivity index is 0.000000549. The Morgan fingerprint density at radius 1 is 0.368 bits per heavy atom. The van der Waals surface area contributed by atoms with Crippen molar-refractivity contribution < 1.29 is 57.9 Å². The smallest absolute Gasteiger partial charge is 0.338 e. The van der Waals surface area contributed by atoms with Crippen LogP contribution in [-0.4, -0.2) is 72.5 Å². The molecule has 0 heterocycles. The van der Waals surface area contributed by atoms with Gasteiger partial charge in [-0.2, -0.15) is 0 Å². The van der Waals surface area contributed by atoms with Gasteiger partial charge in [0.05, 0.1) is 59.8 Å².